The maximum absolute atomic E-state index is 12.8. The molecule has 118 valence electrons. The van der Waals surface area contributed by atoms with Gasteiger partial charge in [0.25, 0.3) is 5.91 Å². The molecule has 0 aromatic carbocycles. The highest BCUT2D eigenvalue weighted by atomic mass is 79.9. The molecule has 1 aliphatic rings. The largest absolute Gasteiger partial charge is 0.406 e. The van der Waals surface area contributed by atoms with Crippen molar-refractivity contribution in [2.24, 2.45) is 5.92 Å². The normalized spacial score (nSPS) is 16.9. The standard InChI is InChI=1S/C14H18BrF3N2O/c1-3-19-7-11(15)6-12(19)13(21)20(8-14(16,17)18)9(2)10-4-5-10/h6-7,9-10H,3-5,8H2,1-2H3. The second-order valence-electron chi connectivity index (χ2n) is 5.46. The fourth-order valence-electron chi connectivity index (χ4n) is 2.49. The van der Waals surface area contributed by atoms with Crippen LogP contribution in [0.4, 0.5) is 13.2 Å². The molecule has 1 unspecified atom stereocenters. The average molecular weight is 367 g/mol. The summed E-state index contributed by atoms with van der Waals surface area (Å²) >= 11 is 3.27. The Hall–Kier alpha value is -0.980. The Morgan fingerprint density at radius 1 is 1.52 bits per heavy atom. The maximum Gasteiger partial charge on any atom is 0.406 e. The fraction of sp³-hybridized carbons (Fsp3) is 0.643. The second-order valence-corrected chi connectivity index (χ2v) is 6.37. The van der Waals surface area contributed by atoms with Crippen LogP contribution in [0.2, 0.25) is 0 Å². The minimum atomic E-state index is -4.39. The van der Waals surface area contributed by atoms with Crippen LogP contribution in [-0.4, -0.2) is 34.1 Å². The first-order valence-electron chi connectivity index (χ1n) is 6.96. The second kappa shape index (κ2) is 6.02. The molecule has 0 spiro atoms. The van der Waals surface area contributed by atoms with Gasteiger partial charge in [0.2, 0.25) is 0 Å². The summed E-state index contributed by atoms with van der Waals surface area (Å²) in [5.74, 6) is -0.371. The lowest BCUT2D eigenvalue weighted by Gasteiger charge is -2.30. The number of nitrogens with zero attached hydrogens (tertiary/aromatic N) is 2. The third-order valence-corrected chi connectivity index (χ3v) is 4.26. The number of hydrogen-bond acceptors (Lipinski definition) is 1. The lowest BCUT2D eigenvalue weighted by atomic mass is 10.1. The molecule has 1 aromatic rings. The summed E-state index contributed by atoms with van der Waals surface area (Å²) in [5.41, 5.74) is 0.293. The summed E-state index contributed by atoms with van der Waals surface area (Å²) < 4.78 is 40.8. The topological polar surface area (TPSA) is 25.2 Å². The lowest BCUT2D eigenvalue weighted by Crippen LogP contribution is -2.46. The Kier molecular flexibility index (Phi) is 4.70. The number of alkyl halides is 3. The molecule has 1 aliphatic carbocycles. The monoisotopic (exact) mass is 366 g/mol. The molecule has 1 saturated carbocycles. The molecular formula is C14H18BrF3N2O. The van der Waals surface area contributed by atoms with Gasteiger partial charge >= 0.3 is 6.18 Å². The number of halogens is 4. The summed E-state index contributed by atoms with van der Waals surface area (Å²) in [6.45, 7) is 2.89. The molecule has 0 saturated heterocycles. The van der Waals surface area contributed by atoms with Crippen molar-refractivity contribution >= 4 is 21.8 Å². The van der Waals surface area contributed by atoms with Crippen LogP contribution in [0.3, 0.4) is 0 Å². The molecule has 1 fully saturated rings. The van der Waals surface area contributed by atoms with Crippen molar-refractivity contribution in [2.45, 2.75) is 45.5 Å². The Labute approximate surface area is 130 Å². The molecule has 1 amide bonds. The van der Waals surface area contributed by atoms with Gasteiger partial charge < -0.3 is 9.47 Å². The maximum atomic E-state index is 12.8. The molecule has 21 heavy (non-hydrogen) atoms. The predicted octanol–water partition coefficient (Wildman–Crippen LogP) is 4.07. The van der Waals surface area contributed by atoms with Crippen LogP contribution >= 0.6 is 15.9 Å². The van der Waals surface area contributed by atoms with E-state index in [1.165, 1.54) is 0 Å². The van der Waals surface area contributed by atoms with Gasteiger partial charge in [-0.3, -0.25) is 4.79 Å². The summed E-state index contributed by atoms with van der Waals surface area (Å²) in [7, 11) is 0. The van der Waals surface area contributed by atoms with Crippen molar-refractivity contribution in [2.75, 3.05) is 6.54 Å². The zero-order chi connectivity index (χ0) is 15.8. The Bertz CT molecular complexity index is 523. The summed E-state index contributed by atoms with van der Waals surface area (Å²) in [5, 5.41) is 0. The number of amides is 1. The SMILES string of the molecule is CCn1cc(Br)cc1C(=O)N(CC(F)(F)F)C(C)C1CC1. The van der Waals surface area contributed by atoms with Gasteiger partial charge in [-0.05, 0) is 54.6 Å². The fourth-order valence-corrected chi connectivity index (χ4v) is 2.95. The molecule has 1 aromatic heterocycles. The van der Waals surface area contributed by atoms with Crippen LogP contribution in [0.5, 0.6) is 0 Å². The van der Waals surface area contributed by atoms with Crippen LogP contribution in [-0.2, 0) is 6.54 Å². The third kappa shape index (κ3) is 4.02. The van der Waals surface area contributed by atoms with Gasteiger partial charge in [0.1, 0.15) is 12.2 Å². The van der Waals surface area contributed by atoms with E-state index in [1.807, 2.05) is 6.92 Å². The van der Waals surface area contributed by atoms with Gasteiger partial charge in [0.05, 0.1) is 0 Å². The minimum absolute atomic E-state index is 0.185. The van der Waals surface area contributed by atoms with Crippen LogP contribution in [0.1, 0.15) is 37.2 Å². The molecule has 3 nitrogen and oxygen atoms in total. The predicted molar refractivity (Wildman–Crippen MR) is 77.1 cm³/mol. The Morgan fingerprint density at radius 2 is 2.14 bits per heavy atom. The summed E-state index contributed by atoms with van der Waals surface area (Å²) in [6.07, 6.45) is -0.900. The molecule has 1 heterocycles. The van der Waals surface area contributed by atoms with Gasteiger partial charge in [-0.1, -0.05) is 0 Å². The first-order chi connectivity index (χ1) is 9.73. The first-order valence-corrected chi connectivity index (χ1v) is 7.75. The van der Waals surface area contributed by atoms with Crippen molar-refractivity contribution in [3.8, 4) is 0 Å². The molecule has 7 heteroatoms. The van der Waals surface area contributed by atoms with Gasteiger partial charge in [-0.2, -0.15) is 13.2 Å². The zero-order valence-corrected chi connectivity index (χ0v) is 13.5. The van der Waals surface area contributed by atoms with Crippen LogP contribution < -0.4 is 0 Å². The van der Waals surface area contributed by atoms with E-state index in [1.54, 1.807) is 23.8 Å². The van der Waals surface area contributed by atoms with Gasteiger partial charge in [-0.25, -0.2) is 0 Å². The number of rotatable bonds is 5. The molecule has 0 aliphatic heterocycles. The molecule has 0 bridgehead atoms. The van der Waals surface area contributed by atoms with Crippen LogP contribution in [0, 0.1) is 5.92 Å². The van der Waals surface area contributed by atoms with Crippen molar-refractivity contribution in [1.29, 1.82) is 0 Å². The minimum Gasteiger partial charge on any atom is -0.343 e. The summed E-state index contributed by atoms with van der Waals surface area (Å²) in [6, 6.07) is 1.19. The number of aryl methyl sites for hydroxylation is 1. The van der Waals surface area contributed by atoms with E-state index in [4.69, 9.17) is 0 Å². The van der Waals surface area contributed by atoms with Gasteiger partial charge in [-0.15, -0.1) is 0 Å². The number of carbonyl (C=O) groups is 1. The molecule has 0 radical (unpaired) electrons. The smallest absolute Gasteiger partial charge is 0.343 e. The van der Waals surface area contributed by atoms with E-state index < -0.39 is 24.7 Å². The van der Waals surface area contributed by atoms with Crippen LogP contribution in [0.25, 0.3) is 0 Å². The van der Waals surface area contributed by atoms with E-state index in [2.05, 4.69) is 15.9 Å². The van der Waals surface area contributed by atoms with E-state index in [0.29, 0.717) is 16.7 Å². The number of aromatic nitrogens is 1. The highest BCUT2D eigenvalue weighted by molar-refractivity contribution is 9.10. The Balaban J connectivity index is 2.28. The zero-order valence-electron chi connectivity index (χ0n) is 12.0. The highest BCUT2D eigenvalue weighted by Gasteiger charge is 2.41. The van der Waals surface area contributed by atoms with E-state index in [9.17, 15) is 18.0 Å². The van der Waals surface area contributed by atoms with E-state index in [0.717, 1.165) is 17.7 Å². The third-order valence-electron chi connectivity index (χ3n) is 3.83. The van der Waals surface area contributed by atoms with Gasteiger partial charge in [0, 0.05) is 23.3 Å². The molecule has 2 rings (SSSR count). The molecular weight excluding hydrogens is 349 g/mol. The quantitative estimate of drug-likeness (QED) is 0.770. The molecule has 0 N–H and O–H groups in total. The lowest BCUT2D eigenvalue weighted by molar-refractivity contribution is -0.144. The van der Waals surface area contributed by atoms with E-state index >= 15 is 0 Å². The van der Waals surface area contributed by atoms with Crippen molar-refractivity contribution < 1.29 is 18.0 Å². The summed E-state index contributed by atoms with van der Waals surface area (Å²) in [4.78, 5) is 13.5. The number of hydrogen-bond donors (Lipinski definition) is 0. The van der Waals surface area contributed by atoms with Crippen molar-refractivity contribution in [1.82, 2.24) is 9.47 Å². The first kappa shape index (κ1) is 16.4. The average Bonchev–Trinajstić information content (AvgIpc) is 3.16. The number of carbonyl (C=O) groups excluding carboxylic acids is 1. The Morgan fingerprint density at radius 3 is 2.62 bits per heavy atom. The van der Waals surface area contributed by atoms with Gasteiger partial charge in [0.15, 0.2) is 0 Å². The van der Waals surface area contributed by atoms with E-state index in [-0.39, 0.29) is 5.92 Å². The highest BCUT2D eigenvalue weighted by Crippen LogP contribution is 2.37. The molecule has 1 atom stereocenters. The van der Waals surface area contributed by atoms with Crippen molar-refractivity contribution in [3.63, 3.8) is 0 Å². The van der Waals surface area contributed by atoms with Crippen molar-refractivity contribution in [3.05, 3.63) is 22.4 Å². The van der Waals surface area contributed by atoms with Crippen LogP contribution in [0.15, 0.2) is 16.7 Å².